The van der Waals surface area contributed by atoms with Crippen LogP contribution in [-0.2, 0) is 16.6 Å². The number of nitrogens with zero attached hydrogens (tertiary/aromatic N) is 3. The molecule has 8 nitrogen and oxygen atoms in total. The Morgan fingerprint density at radius 3 is 2.86 bits per heavy atom. The smallest absolute Gasteiger partial charge is 0.318 e. The second-order valence-electron chi connectivity index (χ2n) is 7.02. The minimum absolute atomic E-state index is 0.0266. The molecule has 1 aromatic heterocycles. The minimum Gasteiger partial charge on any atom is -0.481 e. The van der Waals surface area contributed by atoms with Crippen LogP contribution in [-0.4, -0.2) is 58.4 Å². The van der Waals surface area contributed by atoms with E-state index in [1.165, 1.54) is 24.1 Å². The van der Waals surface area contributed by atoms with E-state index in [-0.39, 0.29) is 19.7 Å². The van der Waals surface area contributed by atoms with Crippen molar-refractivity contribution >= 4 is 12.0 Å². The third-order valence-electron chi connectivity index (χ3n) is 5.08. The summed E-state index contributed by atoms with van der Waals surface area (Å²) in [7, 11) is 3.22. The first-order valence-electron chi connectivity index (χ1n) is 8.87. The maximum atomic E-state index is 13.8. The molecule has 1 aliphatic rings. The number of carbonyl (C=O) groups excluding carboxylic acids is 1. The normalized spacial score (nSPS) is 20.2. The predicted octanol–water partition coefficient (Wildman–Crippen LogP) is 1.78. The van der Waals surface area contributed by atoms with Gasteiger partial charge in [0, 0.05) is 39.6 Å². The van der Waals surface area contributed by atoms with Crippen LogP contribution in [0.4, 0.5) is 9.18 Å². The summed E-state index contributed by atoms with van der Waals surface area (Å²) < 4.78 is 20.6. The summed E-state index contributed by atoms with van der Waals surface area (Å²) in [6, 6.07) is 4.83. The first kappa shape index (κ1) is 19.8. The lowest BCUT2D eigenvalue weighted by Gasteiger charge is -2.26. The quantitative estimate of drug-likeness (QED) is 0.784. The average Bonchev–Trinajstić information content (AvgIpc) is 3.27. The molecule has 1 saturated heterocycles. The number of amides is 2. The molecule has 2 N–H and O–H groups in total. The highest BCUT2D eigenvalue weighted by molar-refractivity contribution is 5.80. The molecule has 0 aliphatic carbocycles. The van der Waals surface area contributed by atoms with Crippen LogP contribution in [0.3, 0.4) is 0 Å². The van der Waals surface area contributed by atoms with E-state index in [0.29, 0.717) is 17.8 Å². The lowest BCUT2D eigenvalue weighted by Crippen LogP contribution is -2.44. The van der Waals surface area contributed by atoms with Gasteiger partial charge in [-0.15, -0.1) is 0 Å². The van der Waals surface area contributed by atoms with Gasteiger partial charge in [0.15, 0.2) is 0 Å². The summed E-state index contributed by atoms with van der Waals surface area (Å²) in [5.74, 6) is -0.868. The molecule has 0 spiro atoms. The largest absolute Gasteiger partial charge is 0.481 e. The second kappa shape index (κ2) is 7.97. The van der Waals surface area contributed by atoms with Gasteiger partial charge in [-0.2, -0.15) is 0 Å². The topological polar surface area (TPSA) is 96.7 Å². The molecule has 1 fully saturated rings. The SMILES string of the molecule is COCC1(C(=O)O)CCN(C(=O)NC(c2cccc(F)c2)c2nccn2C)C1. The Labute approximate surface area is 161 Å². The fraction of sp³-hybridized carbons (Fsp3) is 0.421. The first-order chi connectivity index (χ1) is 13.4. The molecule has 1 aliphatic heterocycles. The molecule has 9 heteroatoms. The number of urea groups is 1. The Hall–Kier alpha value is -2.94. The Bertz CT molecular complexity index is 871. The third kappa shape index (κ3) is 3.84. The van der Waals surface area contributed by atoms with Crippen LogP contribution in [0.15, 0.2) is 36.7 Å². The zero-order valence-electron chi connectivity index (χ0n) is 15.8. The van der Waals surface area contributed by atoms with Gasteiger partial charge in [0.25, 0.3) is 0 Å². The molecule has 2 unspecified atom stereocenters. The third-order valence-corrected chi connectivity index (χ3v) is 5.08. The van der Waals surface area contributed by atoms with Crippen LogP contribution >= 0.6 is 0 Å². The zero-order valence-corrected chi connectivity index (χ0v) is 15.8. The van der Waals surface area contributed by atoms with Crippen LogP contribution in [0.5, 0.6) is 0 Å². The number of ether oxygens (including phenoxy) is 1. The number of rotatable bonds is 6. The van der Waals surface area contributed by atoms with E-state index >= 15 is 0 Å². The van der Waals surface area contributed by atoms with Crippen molar-refractivity contribution in [3.05, 3.63) is 53.9 Å². The summed E-state index contributed by atoms with van der Waals surface area (Å²) in [6.45, 7) is 0.356. The highest BCUT2D eigenvalue weighted by Crippen LogP contribution is 2.32. The molecule has 3 rings (SSSR count). The first-order valence-corrected chi connectivity index (χ1v) is 8.87. The van der Waals surface area contributed by atoms with Crippen LogP contribution in [0.2, 0.25) is 0 Å². The molecule has 150 valence electrons. The van der Waals surface area contributed by atoms with Gasteiger partial charge in [-0.05, 0) is 24.1 Å². The van der Waals surface area contributed by atoms with E-state index in [1.54, 1.807) is 36.1 Å². The number of likely N-dealkylation sites (tertiary alicyclic amines) is 1. The van der Waals surface area contributed by atoms with Gasteiger partial charge < -0.3 is 24.6 Å². The summed E-state index contributed by atoms with van der Waals surface area (Å²) in [6.07, 6.45) is 3.63. The molecule has 28 heavy (non-hydrogen) atoms. The van der Waals surface area contributed by atoms with Crippen molar-refractivity contribution in [2.75, 3.05) is 26.8 Å². The van der Waals surface area contributed by atoms with E-state index in [9.17, 15) is 19.1 Å². The number of carbonyl (C=O) groups is 2. The standard InChI is InChI=1S/C19H23FN4O4/c1-23-9-7-21-16(23)15(13-4-3-5-14(20)10-13)22-18(27)24-8-6-19(11-24,12-28-2)17(25)26/h3-5,7,9-10,15H,6,8,11-12H2,1-2H3,(H,22,27)(H,25,26). The van der Waals surface area contributed by atoms with Gasteiger partial charge >= 0.3 is 12.0 Å². The van der Waals surface area contributed by atoms with Crippen molar-refractivity contribution in [3.63, 3.8) is 0 Å². The number of imidazole rings is 1. The molecule has 2 amide bonds. The van der Waals surface area contributed by atoms with Crippen molar-refractivity contribution in [1.29, 1.82) is 0 Å². The number of halogens is 1. The molecule has 2 atom stereocenters. The maximum absolute atomic E-state index is 13.8. The average molecular weight is 390 g/mol. The lowest BCUT2D eigenvalue weighted by molar-refractivity contribution is -0.151. The zero-order chi connectivity index (χ0) is 20.3. The van der Waals surface area contributed by atoms with Gasteiger partial charge in [-0.3, -0.25) is 4.79 Å². The van der Waals surface area contributed by atoms with E-state index in [2.05, 4.69) is 10.3 Å². The molecule has 2 aromatic rings. The Kier molecular flexibility index (Phi) is 5.64. The van der Waals surface area contributed by atoms with E-state index in [0.717, 1.165) is 0 Å². The van der Waals surface area contributed by atoms with Gasteiger partial charge in [0.05, 0.1) is 6.61 Å². The number of nitrogens with one attached hydrogen (secondary N) is 1. The monoisotopic (exact) mass is 390 g/mol. The Balaban J connectivity index is 1.83. The summed E-state index contributed by atoms with van der Waals surface area (Å²) in [4.78, 5) is 30.3. The van der Waals surface area contributed by atoms with Gasteiger partial charge in [-0.25, -0.2) is 14.2 Å². The van der Waals surface area contributed by atoms with Crippen molar-refractivity contribution in [3.8, 4) is 0 Å². The van der Waals surface area contributed by atoms with Crippen LogP contribution in [0.1, 0.15) is 23.9 Å². The minimum atomic E-state index is -1.12. The van der Waals surface area contributed by atoms with Crippen molar-refractivity contribution in [1.82, 2.24) is 19.8 Å². The number of methoxy groups -OCH3 is 1. The highest BCUT2D eigenvalue weighted by atomic mass is 19.1. The van der Waals surface area contributed by atoms with Crippen molar-refractivity contribution < 1.29 is 23.8 Å². The fourth-order valence-electron chi connectivity index (χ4n) is 3.53. The maximum Gasteiger partial charge on any atom is 0.318 e. The number of aromatic nitrogens is 2. The summed E-state index contributed by atoms with van der Waals surface area (Å²) in [5, 5.41) is 12.4. The van der Waals surface area contributed by atoms with Crippen molar-refractivity contribution in [2.45, 2.75) is 12.5 Å². The van der Waals surface area contributed by atoms with Gasteiger partial charge in [0.2, 0.25) is 0 Å². The Morgan fingerprint density at radius 1 is 1.46 bits per heavy atom. The van der Waals surface area contributed by atoms with Crippen LogP contribution in [0, 0.1) is 11.2 Å². The van der Waals surface area contributed by atoms with Crippen LogP contribution in [0.25, 0.3) is 0 Å². The lowest BCUT2D eigenvalue weighted by atomic mass is 9.88. The number of carboxylic acids is 1. The number of hydrogen-bond donors (Lipinski definition) is 2. The van der Waals surface area contributed by atoms with Gasteiger partial charge in [0.1, 0.15) is 23.1 Å². The Morgan fingerprint density at radius 2 is 2.25 bits per heavy atom. The van der Waals surface area contributed by atoms with E-state index in [1.807, 2.05) is 0 Å². The predicted molar refractivity (Wildman–Crippen MR) is 98.1 cm³/mol. The molecule has 0 bridgehead atoms. The van der Waals surface area contributed by atoms with Crippen molar-refractivity contribution in [2.24, 2.45) is 12.5 Å². The second-order valence-corrected chi connectivity index (χ2v) is 7.02. The number of benzene rings is 1. The van der Waals surface area contributed by atoms with E-state index < -0.39 is 29.3 Å². The highest BCUT2D eigenvalue weighted by Gasteiger charge is 2.46. The number of aliphatic carboxylic acids is 1. The molecule has 0 radical (unpaired) electrons. The number of aryl methyl sites for hydroxylation is 1. The van der Waals surface area contributed by atoms with E-state index in [4.69, 9.17) is 4.74 Å². The summed E-state index contributed by atoms with van der Waals surface area (Å²) >= 11 is 0. The summed E-state index contributed by atoms with van der Waals surface area (Å²) in [5.41, 5.74) is -0.577. The van der Waals surface area contributed by atoms with Crippen LogP contribution < -0.4 is 5.32 Å². The number of hydrogen-bond acceptors (Lipinski definition) is 4. The molecular weight excluding hydrogens is 367 g/mol. The molecule has 1 aromatic carbocycles. The fourth-order valence-corrected chi connectivity index (χ4v) is 3.53. The molecule has 2 heterocycles. The molecule has 0 saturated carbocycles. The van der Waals surface area contributed by atoms with Gasteiger partial charge in [-0.1, -0.05) is 12.1 Å². The number of carboxylic acid groups (broad SMARTS) is 1. The molecular formula is C19H23FN4O4.